The molecule has 0 aliphatic rings. The third kappa shape index (κ3) is 2.91. The molecule has 0 amide bonds. The van der Waals surface area contributed by atoms with E-state index in [1.807, 2.05) is 12.1 Å². The van der Waals surface area contributed by atoms with Crippen LogP contribution in [0.5, 0.6) is 17.2 Å². The monoisotopic (exact) mass is 272 g/mol. The van der Waals surface area contributed by atoms with Crippen molar-refractivity contribution in [2.24, 2.45) is 0 Å². The van der Waals surface area contributed by atoms with E-state index in [-0.39, 0.29) is 5.56 Å². The molecule has 1 N–H and O–H groups in total. The number of benzene rings is 2. The average Bonchev–Trinajstić information content (AvgIpc) is 2.48. The van der Waals surface area contributed by atoms with Crippen LogP contribution in [0.1, 0.15) is 22.8 Å². The number of carboxylic acid groups (broad SMARTS) is 1. The van der Waals surface area contributed by atoms with Crippen LogP contribution in [0.15, 0.2) is 42.5 Å². The third-order valence-corrected chi connectivity index (χ3v) is 2.97. The van der Waals surface area contributed by atoms with Gasteiger partial charge < -0.3 is 14.6 Å². The minimum Gasteiger partial charge on any atom is -0.493 e. The van der Waals surface area contributed by atoms with Crippen molar-refractivity contribution in [2.45, 2.75) is 13.3 Å². The fourth-order valence-corrected chi connectivity index (χ4v) is 1.87. The van der Waals surface area contributed by atoms with Crippen LogP contribution in [-0.4, -0.2) is 18.2 Å². The summed E-state index contributed by atoms with van der Waals surface area (Å²) < 4.78 is 11.0. The Hall–Kier alpha value is -2.49. The number of carboxylic acids is 1. The van der Waals surface area contributed by atoms with E-state index in [0.717, 1.165) is 12.0 Å². The average molecular weight is 272 g/mol. The van der Waals surface area contributed by atoms with Crippen LogP contribution < -0.4 is 9.47 Å². The number of hydrogen-bond acceptors (Lipinski definition) is 3. The van der Waals surface area contributed by atoms with Gasteiger partial charge in [0.15, 0.2) is 11.5 Å². The first-order valence-corrected chi connectivity index (χ1v) is 6.32. The molecule has 0 aliphatic carbocycles. The van der Waals surface area contributed by atoms with E-state index in [4.69, 9.17) is 14.6 Å². The number of methoxy groups -OCH3 is 1. The summed E-state index contributed by atoms with van der Waals surface area (Å²) in [6, 6.07) is 12.1. The second-order valence-electron chi connectivity index (χ2n) is 4.24. The quantitative estimate of drug-likeness (QED) is 0.900. The van der Waals surface area contributed by atoms with Crippen LogP contribution in [0.3, 0.4) is 0 Å². The van der Waals surface area contributed by atoms with Crippen LogP contribution in [0.2, 0.25) is 0 Å². The number of hydrogen-bond donors (Lipinski definition) is 1. The van der Waals surface area contributed by atoms with Gasteiger partial charge in [-0.25, -0.2) is 4.79 Å². The van der Waals surface area contributed by atoms with Gasteiger partial charge in [-0.2, -0.15) is 0 Å². The molecule has 0 unspecified atom stereocenters. The summed E-state index contributed by atoms with van der Waals surface area (Å²) in [6.07, 6.45) is 0.891. The highest BCUT2D eigenvalue weighted by atomic mass is 16.5. The molecule has 0 aliphatic heterocycles. The van der Waals surface area contributed by atoms with Crippen molar-refractivity contribution in [1.82, 2.24) is 0 Å². The lowest BCUT2D eigenvalue weighted by Crippen LogP contribution is -2.00. The maximum absolute atomic E-state index is 11.2. The Morgan fingerprint density at radius 1 is 1.10 bits per heavy atom. The van der Waals surface area contributed by atoms with Crippen molar-refractivity contribution in [1.29, 1.82) is 0 Å². The summed E-state index contributed by atoms with van der Waals surface area (Å²) in [6.45, 7) is 2.05. The Kier molecular flexibility index (Phi) is 4.25. The van der Waals surface area contributed by atoms with Gasteiger partial charge in [-0.05, 0) is 36.2 Å². The lowest BCUT2D eigenvalue weighted by atomic mass is 10.1. The summed E-state index contributed by atoms with van der Waals surface area (Å²) in [5.41, 5.74) is 1.25. The first-order valence-electron chi connectivity index (χ1n) is 6.32. The number of aromatic carboxylic acids is 1. The highest BCUT2D eigenvalue weighted by molar-refractivity contribution is 5.90. The predicted molar refractivity (Wildman–Crippen MR) is 75.8 cm³/mol. The molecule has 20 heavy (non-hydrogen) atoms. The van der Waals surface area contributed by atoms with E-state index in [9.17, 15) is 4.79 Å². The van der Waals surface area contributed by atoms with Crippen molar-refractivity contribution in [3.05, 3.63) is 53.6 Å². The largest absolute Gasteiger partial charge is 0.493 e. The van der Waals surface area contributed by atoms with Crippen LogP contribution in [0.25, 0.3) is 0 Å². The zero-order valence-corrected chi connectivity index (χ0v) is 11.4. The van der Waals surface area contributed by atoms with Crippen molar-refractivity contribution in [2.75, 3.05) is 7.11 Å². The molecule has 0 spiro atoms. The predicted octanol–water partition coefficient (Wildman–Crippen LogP) is 3.75. The molecule has 4 heteroatoms. The smallest absolute Gasteiger partial charge is 0.339 e. The number of ether oxygens (including phenoxy) is 2. The zero-order chi connectivity index (χ0) is 14.5. The van der Waals surface area contributed by atoms with Gasteiger partial charge in [0.1, 0.15) is 11.3 Å². The molecule has 0 atom stereocenters. The molecule has 0 saturated carbocycles. The topological polar surface area (TPSA) is 55.8 Å². The number of carbonyl (C=O) groups is 1. The maximum atomic E-state index is 11.2. The minimum absolute atomic E-state index is 0.120. The molecule has 0 saturated heterocycles. The summed E-state index contributed by atoms with van der Waals surface area (Å²) in [5.74, 6) is 0.357. The summed E-state index contributed by atoms with van der Waals surface area (Å²) in [5, 5.41) is 9.14. The van der Waals surface area contributed by atoms with Crippen molar-refractivity contribution in [3.8, 4) is 17.2 Å². The molecule has 104 valence electrons. The lowest BCUT2D eigenvalue weighted by Gasteiger charge is -2.13. The van der Waals surface area contributed by atoms with Crippen LogP contribution in [0, 0.1) is 0 Å². The van der Waals surface area contributed by atoms with Gasteiger partial charge in [0.2, 0.25) is 0 Å². The molecular weight excluding hydrogens is 256 g/mol. The highest BCUT2D eigenvalue weighted by Gasteiger charge is 2.13. The van der Waals surface area contributed by atoms with Gasteiger partial charge in [0.25, 0.3) is 0 Å². The molecule has 0 fully saturated rings. The SMILES string of the molecule is CCc1ccc(Oc2ccccc2C(=O)O)c(OC)c1. The Balaban J connectivity index is 2.37. The fraction of sp³-hybridized carbons (Fsp3) is 0.188. The first kappa shape index (κ1) is 13.9. The summed E-state index contributed by atoms with van der Waals surface area (Å²) in [4.78, 5) is 11.2. The second-order valence-corrected chi connectivity index (χ2v) is 4.24. The molecule has 0 aromatic heterocycles. The molecule has 2 aromatic carbocycles. The molecule has 0 bridgehead atoms. The maximum Gasteiger partial charge on any atom is 0.339 e. The summed E-state index contributed by atoms with van der Waals surface area (Å²) in [7, 11) is 1.56. The molecule has 0 heterocycles. The first-order chi connectivity index (χ1) is 9.65. The molecular formula is C16H16O4. The van der Waals surface area contributed by atoms with E-state index in [0.29, 0.717) is 17.2 Å². The van der Waals surface area contributed by atoms with Crippen LogP contribution in [0.4, 0.5) is 0 Å². The minimum atomic E-state index is -1.02. The highest BCUT2D eigenvalue weighted by Crippen LogP contribution is 2.33. The third-order valence-electron chi connectivity index (χ3n) is 2.97. The van der Waals surface area contributed by atoms with Gasteiger partial charge in [-0.1, -0.05) is 25.1 Å². The van der Waals surface area contributed by atoms with Gasteiger partial charge in [-0.15, -0.1) is 0 Å². The molecule has 2 aromatic rings. The van der Waals surface area contributed by atoms with Gasteiger partial charge in [-0.3, -0.25) is 0 Å². The Labute approximate surface area is 117 Å². The number of aryl methyl sites for hydroxylation is 1. The van der Waals surface area contributed by atoms with Crippen LogP contribution >= 0.6 is 0 Å². The van der Waals surface area contributed by atoms with Gasteiger partial charge in [0.05, 0.1) is 7.11 Å². The molecule has 4 nitrogen and oxygen atoms in total. The normalized spacial score (nSPS) is 10.1. The second kappa shape index (κ2) is 6.10. The molecule has 0 radical (unpaired) electrons. The van der Waals surface area contributed by atoms with E-state index in [2.05, 4.69) is 6.92 Å². The standard InChI is InChI=1S/C16H16O4/c1-3-11-8-9-14(15(10-11)19-2)20-13-7-5-4-6-12(13)16(17)18/h4-10H,3H2,1-2H3,(H,17,18). The Morgan fingerprint density at radius 3 is 2.50 bits per heavy atom. The van der Waals surface area contributed by atoms with Gasteiger partial charge in [0, 0.05) is 0 Å². The fourth-order valence-electron chi connectivity index (χ4n) is 1.87. The number of para-hydroxylation sites is 1. The summed E-state index contributed by atoms with van der Waals surface area (Å²) >= 11 is 0. The Morgan fingerprint density at radius 2 is 1.85 bits per heavy atom. The lowest BCUT2D eigenvalue weighted by molar-refractivity contribution is 0.0694. The zero-order valence-electron chi connectivity index (χ0n) is 11.4. The number of rotatable bonds is 5. The van der Waals surface area contributed by atoms with E-state index < -0.39 is 5.97 Å². The van der Waals surface area contributed by atoms with Crippen molar-refractivity contribution >= 4 is 5.97 Å². The van der Waals surface area contributed by atoms with Crippen molar-refractivity contribution in [3.63, 3.8) is 0 Å². The molecule has 2 rings (SSSR count). The van der Waals surface area contributed by atoms with E-state index in [1.165, 1.54) is 6.07 Å². The van der Waals surface area contributed by atoms with E-state index >= 15 is 0 Å². The van der Waals surface area contributed by atoms with Gasteiger partial charge >= 0.3 is 5.97 Å². The Bertz CT molecular complexity index is 620. The van der Waals surface area contributed by atoms with E-state index in [1.54, 1.807) is 31.4 Å². The van der Waals surface area contributed by atoms with Crippen LogP contribution in [-0.2, 0) is 6.42 Å². The van der Waals surface area contributed by atoms with Crippen molar-refractivity contribution < 1.29 is 19.4 Å².